The molecular weight excluding hydrogens is 378 g/mol. The van der Waals surface area contributed by atoms with Crippen LogP contribution in [0.2, 0.25) is 0 Å². The van der Waals surface area contributed by atoms with Crippen LogP contribution in [0.25, 0.3) is 0 Å². The minimum Gasteiger partial charge on any atom is -0.373 e. The van der Waals surface area contributed by atoms with Crippen LogP contribution in [-0.4, -0.2) is 36.4 Å². The summed E-state index contributed by atoms with van der Waals surface area (Å²) >= 11 is 0. The van der Waals surface area contributed by atoms with Gasteiger partial charge in [0.25, 0.3) is 16.0 Å². The third kappa shape index (κ3) is 4.37. The molecular formula is C20H25N3O4S. The molecule has 150 valence electrons. The maximum atomic E-state index is 12.6. The molecule has 28 heavy (non-hydrogen) atoms. The second kappa shape index (κ2) is 6.90. The maximum absolute atomic E-state index is 12.6. The van der Waals surface area contributed by atoms with Crippen LogP contribution in [0.3, 0.4) is 0 Å². The number of hydrogen-bond acceptors (Lipinski definition) is 5. The Morgan fingerprint density at radius 2 is 2.07 bits per heavy atom. The van der Waals surface area contributed by atoms with Crippen molar-refractivity contribution in [2.45, 2.75) is 51.0 Å². The Bertz CT molecular complexity index is 977. The Kier molecular flexibility index (Phi) is 5.02. The second-order valence-electron chi connectivity index (χ2n) is 9.00. The van der Waals surface area contributed by atoms with Gasteiger partial charge in [0.15, 0.2) is 0 Å². The molecule has 2 unspecified atom stereocenters. The molecule has 1 aliphatic carbocycles. The zero-order valence-electron chi connectivity index (χ0n) is 16.3. The number of hydrogen-bond donors (Lipinski definition) is 2. The summed E-state index contributed by atoms with van der Waals surface area (Å²) in [5.74, 6) is -0.610. The largest absolute Gasteiger partial charge is 0.373 e. The van der Waals surface area contributed by atoms with Gasteiger partial charge in [0.05, 0.1) is 4.90 Å². The first-order valence-electron chi connectivity index (χ1n) is 9.17. The number of nitrogens with zero attached hydrogens (tertiary/aromatic N) is 2. The average Bonchev–Trinajstić information content (AvgIpc) is 2.80. The second-order valence-corrected chi connectivity index (χ2v) is 10.4. The van der Waals surface area contributed by atoms with Crippen LogP contribution >= 0.6 is 0 Å². The molecule has 0 aromatic heterocycles. The summed E-state index contributed by atoms with van der Waals surface area (Å²) in [7, 11) is -4.37. The number of likely N-dealkylation sites (tertiary alicyclic amines) is 1. The SMILES string of the molecule is CC1(C)CC2CC(C)(CN2/C=C(/C#N)C(=O)Nc2cccc(S(=O)(=O)O)c2)C1. The van der Waals surface area contributed by atoms with Crippen LogP contribution in [0.15, 0.2) is 40.9 Å². The molecule has 3 rings (SSSR count). The van der Waals surface area contributed by atoms with E-state index in [0.29, 0.717) is 6.04 Å². The molecule has 1 amide bonds. The quantitative estimate of drug-likeness (QED) is 0.454. The predicted octanol–water partition coefficient (Wildman–Crippen LogP) is 3.18. The summed E-state index contributed by atoms with van der Waals surface area (Å²) < 4.78 is 31.6. The lowest BCUT2D eigenvalue weighted by Gasteiger charge is -2.39. The highest BCUT2D eigenvalue weighted by atomic mass is 32.2. The number of anilines is 1. The first kappa shape index (κ1) is 20.4. The van der Waals surface area contributed by atoms with Crippen molar-refractivity contribution in [1.82, 2.24) is 4.90 Å². The molecule has 0 radical (unpaired) electrons. The van der Waals surface area contributed by atoms with Gasteiger partial charge in [0, 0.05) is 24.5 Å². The van der Waals surface area contributed by atoms with Crippen molar-refractivity contribution in [1.29, 1.82) is 5.26 Å². The highest BCUT2D eigenvalue weighted by Gasteiger charge is 2.48. The fourth-order valence-corrected chi connectivity index (χ4v) is 5.42. The zero-order valence-corrected chi connectivity index (χ0v) is 17.1. The van der Waals surface area contributed by atoms with Crippen LogP contribution < -0.4 is 5.32 Å². The lowest BCUT2D eigenvalue weighted by molar-refractivity contribution is -0.112. The minimum absolute atomic E-state index is 0.0359. The van der Waals surface area contributed by atoms with E-state index in [4.69, 9.17) is 4.55 Å². The van der Waals surface area contributed by atoms with Gasteiger partial charge in [-0.15, -0.1) is 0 Å². The number of carbonyl (C=O) groups excluding carboxylic acids is 1. The molecule has 1 aliphatic heterocycles. The van der Waals surface area contributed by atoms with Crippen molar-refractivity contribution in [3.05, 3.63) is 36.0 Å². The molecule has 2 fully saturated rings. The summed E-state index contributed by atoms with van der Waals surface area (Å²) in [4.78, 5) is 14.3. The van der Waals surface area contributed by atoms with Crippen molar-refractivity contribution >= 4 is 21.7 Å². The zero-order chi connectivity index (χ0) is 20.7. The number of amides is 1. The van der Waals surface area contributed by atoms with Gasteiger partial charge < -0.3 is 10.2 Å². The maximum Gasteiger partial charge on any atom is 0.294 e. The van der Waals surface area contributed by atoms with E-state index in [1.165, 1.54) is 18.2 Å². The van der Waals surface area contributed by atoms with Crippen molar-refractivity contribution in [2.75, 3.05) is 11.9 Å². The summed E-state index contributed by atoms with van der Waals surface area (Å²) in [6, 6.07) is 7.51. The minimum atomic E-state index is -4.37. The van der Waals surface area contributed by atoms with Gasteiger partial charge in [-0.1, -0.05) is 26.8 Å². The molecule has 2 atom stereocenters. The number of fused-ring (bicyclic) bond motifs is 2. The Balaban J connectivity index is 1.79. The van der Waals surface area contributed by atoms with E-state index in [-0.39, 0.29) is 27.0 Å². The van der Waals surface area contributed by atoms with Gasteiger partial charge in [0.2, 0.25) is 0 Å². The van der Waals surface area contributed by atoms with Gasteiger partial charge in [-0.2, -0.15) is 13.7 Å². The molecule has 1 aromatic carbocycles. The predicted molar refractivity (Wildman–Crippen MR) is 105 cm³/mol. The van der Waals surface area contributed by atoms with Crippen LogP contribution in [-0.2, 0) is 14.9 Å². The van der Waals surface area contributed by atoms with E-state index < -0.39 is 16.0 Å². The standard InChI is InChI=1S/C20H25N3O4S/c1-19(2)8-16-9-20(3,12-19)13-23(16)11-14(10-21)18(24)22-15-5-4-6-17(7-15)28(25,26)27/h4-7,11,16H,8-9,12-13H2,1-3H3,(H,22,24)(H,25,26,27)/b14-11-. The molecule has 2 aliphatic rings. The van der Waals surface area contributed by atoms with E-state index in [1.54, 1.807) is 6.20 Å². The first-order chi connectivity index (χ1) is 12.9. The highest BCUT2D eigenvalue weighted by Crippen LogP contribution is 2.52. The fraction of sp³-hybridized carbons (Fsp3) is 0.500. The summed E-state index contributed by atoms with van der Waals surface area (Å²) in [6.07, 6.45) is 4.79. The lowest BCUT2D eigenvalue weighted by atomic mass is 9.65. The van der Waals surface area contributed by atoms with E-state index in [0.717, 1.165) is 31.9 Å². The third-order valence-electron chi connectivity index (χ3n) is 5.51. The summed E-state index contributed by atoms with van der Waals surface area (Å²) in [6.45, 7) is 7.56. The van der Waals surface area contributed by atoms with Crippen LogP contribution in [0, 0.1) is 22.2 Å². The molecule has 2 N–H and O–H groups in total. The topological polar surface area (TPSA) is 111 Å². The third-order valence-corrected chi connectivity index (χ3v) is 6.35. The van der Waals surface area contributed by atoms with Crippen molar-refractivity contribution in [2.24, 2.45) is 10.8 Å². The summed E-state index contributed by atoms with van der Waals surface area (Å²) in [5, 5.41) is 12.0. The number of nitrogens with one attached hydrogen (secondary N) is 1. The Morgan fingerprint density at radius 1 is 1.36 bits per heavy atom. The number of carbonyl (C=O) groups is 1. The fourth-order valence-electron chi connectivity index (χ4n) is 4.89. The Labute approximate surface area is 165 Å². The molecule has 1 saturated heterocycles. The smallest absolute Gasteiger partial charge is 0.294 e. The number of nitriles is 1. The molecule has 1 saturated carbocycles. The van der Waals surface area contributed by atoms with Gasteiger partial charge in [0.1, 0.15) is 11.6 Å². The summed E-state index contributed by atoms with van der Waals surface area (Å²) in [5.41, 5.74) is 0.552. The molecule has 7 nitrogen and oxygen atoms in total. The Hall–Kier alpha value is -2.37. The molecule has 1 aromatic rings. The van der Waals surface area contributed by atoms with Gasteiger partial charge in [-0.25, -0.2) is 0 Å². The van der Waals surface area contributed by atoms with Crippen molar-refractivity contribution in [3.8, 4) is 6.07 Å². The molecule has 2 bridgehead atoms. The van der Waals surface area contributed by atoms with Crippen LogP contribution in [0.1, 0.15) is 40.0 Å². The number of benzene rings is 1. The molecule has 0 spiro atoms. The van der Waals surface area contributed by atoms with E-state index in [2.05, 4.69) is 31.0 Å². The van der Waals surface area contributed by atoms with E-state index in [9.17, 15) is 18.5 Å². The van der Waals surface area contributed by atoms with Crippen LogP contribution in [0.5, 0.6) is 0 Å². The molecule has 8 heteroatoms. The average molecular weight is 404 g/mol. The van der Waals surface area contributed by atoms with Crippen LogP contribution in [0.4, 0.5) is 5.69 Å². The van der Waals surface area contributed by atoms with Gasteiger partial charge >= 0.3 is 0 Å². The monoisotopic (exact) mass is 403 g/mol. The molecule has 1 heterocycles. The van der Waals surface area contributed by atoms with E-state index in [1.807, 2.05) is 6.07 Å². The highest BCUT2D eigenvalue weighted by molar-refractivity contribution is 7.85. The lowest BCUT2D eigenvalue weighted by Crippen LogP contribution is -2.33. The first-order valence-corrected chi connectivity index (χ1v) is 10.6. The van der Waals surface area contributed by atoms with E-state index >= 15 is 0 Å². The normalized spacial score (nSPS) is 26.6. The van der Waals surface area contributed by atoms with Crippen molar-refractivity contribution < 1.29 is 17.8 Å². The van der Waals surface area contributed by atoms with Gasteiger partial charge in [-0.05, 0) is 48.3 Å². The number of rotatable bonds is 4. The Morgan fingerprint density at radius 3 is 2.71 bits per heavy atom. The van der Waals surface area contributed by atoms with Gasteiger partial charge in [-0.3, -0.25) is 9.35 Å². The van der Waals surface area contributed by atoms with Crippen molar-refractivity contribution in [3.63, 3.8) is 0 Å².